The predicted molar refractivity (Wildman–Crippen MR) is 94.8 cm³/mol. The highest BCUT2D eigenvalue weighted by molar-refractivity contribution is 5.94. The number of carbonyl (C=O) groups excluding carboxylic acids is 1. The number of ether oxygens (including phenoxy) is 1. The van der Waals surface area contributed by atoms with E-state index in [1.165, 1.54) is 13.2 Å². The van der Waals surface area contributed by atoms with Crippen LogP contribution in [0.1, 0.15) is 35.3 Å². The van der Waals surface area contributed by atoms with E-state index in [9.17, 15) is 9.18 Å². The average Bonchev–Trinajstić information content (AvgIpc) is 2.62. The number of rotatable bonds is 7. The number of amides is 1. The molecular formula is C19H22FN3O2. The highest BCUT2D eigenvalue weighted by Gasteiger charge is 2.25. The van der Waals surface area contributed by atoms with Crippen LogP contribution in [0.15, 0.2) is 42.5 Å². The molecule has 0 saturated carbocycles. The van der Waals surface area contributed by atoms with Gasteiger partial charge in [0.1, 0.15) is 11.7 Å². The molecule has 0 heterocycles. The second kappa shape index (κ2) is 8.39. The van der Waals surface area contributed by atoms with Crippen LogP contribution in [0.25, 0.3) is 0 Å². The smallest absolute Gasteiger partial charge is 0.254 e. The molecule has 6 heteroatoms. The largest absolute Gasteiger partial charge is 0.384 e. The van der Waals surface area contributed by atoms with Gasteiger partial charge in [0.2, 0.25) is 0 Å². The van der Waals surface area contributed by atoms with Crippen LogP contribution in [0.5, 0.6) is 0 Å². The summed E-state index contributed by atoms with van der Waals surface area (Å²) in [6.07, 6.45) is -0.403. The van der Waals surface area contributed by atoms with Crippen molar-refractivity contribution in [3.63, 3.8) is 0 Å². The molecule has 4 N–H and O–H groups in total. The lowest BCUT2D eigenvalue weighted by molar-refractivity contribution is -0.131. The van der Waals surface area contributed by atoms with Gasteiger partial charge in [0, 0.05) is 24.8 Å². The number of hydrogen-bond acceptors (Lipinski definition) is 3. The molecule has 0 fully saturated rings. The van der Waals surface area contributed by atoms with Gasteiger partial charge in [-0.15, -0.1) is 0 Å². The van der Waals surface area contributed by atoms with Crippen LogP contribution in [0, 0.1) is 11.2 Å². The van der Waals surface area contributed by atoms with Gasteiger partial charge in [-0.2, -0.15) is 0 Å². The number of benzene rings is 2. The van der Waals surface area contributed by atoms with Gasteiger partial charge in [0.05, 0.1) is 0 Å². The minimum absolute atomic E-state index is 0.0123. The molecule has 5 nitrogen and oxygen atoms in total. The maximum Gasteiger partial charge on any atom is 0.254 e. The summed E-state index contributed by atoms with van der Waals surface area (Å²) in [5, 5.41) is 10.1. The zero-order valence-corrected chi connectivity index (χ0v) is 14.3. The predicted octanol–water partition coefficient (Wildman–Crippen LogP) is 2.68. The van der Waals surface area contributed by atoms with Crippen LogP contribution in [-0.4, -0.2) is 18.9 Å². The Bertz CT molecular complexity index is 760. The first-order valence-corrected chi connectivity index (χ1v) is 7.99. The number of hydrogen-bond donors (Lipinski definition) is 3. The fourth-order valence-corrected chi connectivity index (χ4v) is 2.62. The van der Waals surface area contributed by atoms with E-state index < -0.39 is 17.8 Å². The molecule has 25 heavy (non-hydrogen) atoms. The summed E-state index contributed by atoms with van der Waals surface area (Å²) in [6, 6.07) is 11.7. The van der Waals surface area contributed by atoms with Crippen molar-refractivity contribution < 1.29 is 13.9 Å². The Morgan fingerprint density at radius 1 is 1.28 bits per heavy atom. The average molecular weight is 343 g/mol. The van der Waals surface area contributed by atoms with Gasteiger partial charge in [0.25, 0.3) is 5.91 Å². The lowest BCUT2D eigenvalue weighted by Gasteiger charge is -2.19. The number of halogens is 1. The molecule has 1 unspecified atom stereocenters. The number of amidine groups is 1. The summed E-state index contributed by atoms with van der Waals surface area (Å²) in [7, 11) is 1.39. The fraction of sp³-hybridized carbons (Fsp3) is 0.263. The Hall–Kier alpha value is -2.73. The Kier molecular flexibility index (Phi) is 6.25. The third-order valence-electron chi connectivity index (χ3n) is 3.99. The molecule has 2 rings (SSSR count). The second-order valence-corrected chi connectivity index (χ2v) is 5.61. The third-order valence-corrected chi connectivity index (χ3v) is 3.99. The highest BCUT2D eigenvalue weighted by atomic mass is 19.1. The normalized spacial score (nSPS) is 11.8. The van der Waals surface area contributed by atoms with Crippen LogP contribution >= 0.6 is 0 Å². The SMILES string of the molecule is CCc1cccc(F)c1C(OC)C(=O)NCc1ccc(C(=N)N)cc1. The molecule has 1 amide bonds. The van der Waals surface area contributed by atoms with E-state index in [1.807, 2.05) is 6.92 Å². The molecule has 0 bridgehead atoms. The van der Waals surface area contributed by atoms with Gasteiger partial charge in [-0.25, -0.2) is 4.39 Å². The summed E-state index contributed by atoms with van der Waals surface area (Å²) >= 11 is 0. The number of carbonyl (C=O) groups is 1. The maximum absolute atomic E-state index is 14.2. The van der Waals surface area contributed by atoms with Crippen molar-refractivity contribution in [1.29, 1.82) is 5.41 Å². The molecule has 0 spiro atoms. The number of nitrogens with one attached hydrogen (secondary N) is 2. The number of nitrogen functional groups attached to an aromatic ring is 1. The summed E-state index contributed by atoms with van der Waals surface area (Å²) < 4.78 is 19.5. The van der Waals surface area contributed by atoms with Crippen molar-refractivity contribution in [3.05, 3.63) is 70.5 Å². The summed E-state index contributed by atoms with van der Waals surface area (Å²) in [5.41, 5.74) is 7.89. The van der Waals surface area contributed by atoms with Crippen LogP contribution in [0.2, 0.25) is 0 Å². The number of aryl methyl sites for hydroxylation is 1. The van der Waals surface area contributed by atoms with Crippen LogP contribution in [0.3, 0.4) is 0 Å². The van der Waals surface area contributed by atoms with E-state index in [0.717, 1.165) is 11.1 Å². The summed E-state index contributed by atoms with van der Waals surface area (Å²) in [5.74, 6) is -0.869. The number of methoxy groups -OCH3 is 1. The minimum Gasteiger partial charge on any atom is -0.384 e. The monoisotopic (exact) mass is 343 g/mol. The molecule has 0 aliphatic heterocycles. The van der Waals surface area contributed by atoms with Crippen molar-refractivity contribution in [2.75, 3.05) is 7.11 Å². The van der Waals surface area contributed by atoms with Crippen molar-refractivity contribution >= 4 is 11.7 Å². The molecule has 1 atom stereocenters. The first kappa shape index (κ1) is 18.6. The van der Waals surface area contributed by atoms with Crippen molar-refractivity contribution in [1.82, 2.24) is 5.32 Å². The highest BCUT2D eigenvalue weighted by Crippen LogP contribution is 2.25. The van der Waals surface area contributed by atoms with E-state index in [4.69, 9.17) is 15.9 Å². The van der Waals surface area contributed by atoms with Crippen LogP contribution in [0.4, 0.5) is 4.39 Å². The van der Waals surface area contributed by atoms with E-state index in [0.29, 0.717) is 12.0 Å². The molecule has 2 aromatic rings. The standard InChI is InChI=1S/C19H22FN3O2/c1-3-13-5-4-6-15(20)16(13)17(25-2)19(24)23-11-12-7-9-14(10-8-12)18(21)22/h4-10,17H,3,11H2,1-2H3,(H3,21,22)(H,23,24). The molecule has 0 radical (unpaired) electrons. The topological polar surface area (TPSA) is 88.2 Å². The number of nitrogens with two attached hydrogens (primary N) is 1. The Balaban J connectivity index is 2.12. The first-order chi connectivity index (χ1) is 12.0. The van der Waals surface area contributed by atoms with E-state index in [1.54, 1.807) is 36.4 Å². The van der Waals surface area contributed by atoms with Gasteiger partial charge in [-0.3, -0.25) is 10.2 Å². The second-order valence-electron chi connectivity index (χ2n) is 5.61. The van der Waals surface area contributed by atoms with Gasteiger partial charge in [-0.1, -0.05) is 43.3 Å². The zero-order valence-electron chi connectivity index (χ0n) is 14.3. The first-order valence-electron chi connectivity index (χ1n) is 7.99. The summed E-state index contributed by atoms with van der Waals surface area (Å²) in [4.78, 5) is 12.5. The van der Waals surface area contributed by atoms with Crippen molar-refractivity contribution in [2.24, 2.45) is 5.73 Å². The Labute approximate surface area is 146 Å². The lowest BCUT2D eigenvalue weighted by Crippen LogP contribution is -2.31. The van der Waals surface area contributed by atoms with Crippen molar-refractivity contribution in [2.45, 2.75) is 26.0 Å². The molecule has 132 valence electrons. The van der Waals surface area contributed by atoms with Crippen LogP contribution in [-0.2, 0) is 22.5 Å². The molecule has 0 aromatic heterocycles. The molecular weight excluding hydrogens is 321 g/mol. The van der Waals surface area contributed by atoms with E-state index in [-0.39, 0.29) is 17.9 Å². The van der Waals surface area contributed by atoms with Gasteiger partial charge < -0.3 is 15.8 Å². The van der Waals surface area contributed by atoms with Crippen molar-refractivity contribution in [3.8, 4) is 0 Å². The fourth-order valence-electron chi connectivity index (χ4n) is 2.62. The molecule has 0 saturated heterocycles. The zero-order chi connectivity index (χ0) is 18.4. The third kappa shape index (κ3) is 4.42. The minimum atomic E-state index is -1.01. The Morgan fingerprint density at radius 2 is 1.96 bits per heavy atom. The molecule has 0 aliphatic rings. The van der Waals surface area contributed by atoms with E-state index in [2.05, 4.69) is 5.32 Å². The van der Waals surface area contributed by atoms with Gasteiger partial charge in [0.15, 0.2) is 6.10 Å². The van der Waals surface area contributed by atoms with Gasteiger partial charge in [-0.05, 0) is 23.6 Å². The van der Waals surface area contributed by atoms with Crippen LogP contribution < -0.4 is 11.1 Å². The Morgan fingerprint density at radius 3 is 2.52 bits per heavy atom. The molecule has 2 aromatic carbocycles. The molecule has 0 aliphatic carbocycles. The van der Waals surface area contributed by atoms with E-state index >= 15 is 0 Å². The van der Waals surface area contributed by atoms with Gasteiger partial charge >= 0.3 is 0 Å². The summed E-state index contributed by atoms with van der Waals surface area (Å²) in [6.45, 7) is 2.17. The lowest BCUT2D eigenvalue weighted by atomic mass is 9.99. The maximum atomic E-state index is 14.2. The quantitative estimate of drug-likeness (QED) is 0.533.